The fourth-order valence-corrected chi connectivity index (χ4v) is 3.01. The van der Waals surface area contributed by atoms with Crippen LogP contribution in [-0.4, -0.2) is 12.6 Å². The summed E-state index contributed by atoms with van der Waals surface area (Å²) in [6.07, 6.45) is 5.19. The van der Waals surface area contributed by atoms with Crippen LogP contribution in [-0.2, 0) is 0 Å². The van der Waals surface area contributed by atoms with E-state index in [4.69, 9.17) is 10.5 Å². The van der Waals surface area contributed by atoms with Crippen molar-refractivity contribution in [1.82, 2.24) is 0 Å². The van der Waals surface area contributed by atoms with Crippen molar-refractivity contribution < 1.29 is 4.74 Å². The second-order valence-corrected chi connectivity index (χ2v) is 6.11. The topological polar surface area (TPSA) is 35.2 Å². The SMILES string of the molecule is CCC1CCC(CN)C(Oc2ccc(Br)cc2)C1. The summed E-state index contributed by atoms with van der Waals surface area (Å²) < 4.78 is 7.23. The van der Waals surface area contributed by atoms with Gasteiger partial charge in [-0.3, -0.25) is 0 Å². The van der Waals surface area contributed by atoms with Gasteiger partial charge in [-0.25, -0.2) is 0 Å². The molecule has 1 aromatic carbocycles. The summed E-state index contributed by atoms with van der Waals surface area (Å²) in [7, 11) is 0. The summed E-state index contributed by atoms with van der Waals surface area (Å²) in [5.41, 5.74) is 5.87. The summed E-state index contributed by atoms with van der Waals surface area (Å²) in [6.45, 7) is 3.00. The maximum atomic E-state index is 6.15. The van der Waals surface area contributed by atoms with E-state index >= 15 is 0 Å². The van der Waals surface area contributed by atoms with Crippen molar-refractivity contribution in [3.8, 4) is 5.75 Å². The van der Waals surface area contributed by atoms with Crippen molar-refractivity contribution >= 4 is 15.9 Å². The molecular weight excluding hydrogens is 290 g/mol. The quantitative estimate of drug-likeness (QED) is 0.912. The lowest BCUT2D eigenvalue weighted by Crippen LogP contribution is -2.38. The van der Waals surface area contributed by atoms with E-state index in [2.05, 4.69) is 22.9 Å². The number of hydrogen-bond acceptors (Lipinski definition) is 2. The third-order valence-electron chi connectivity index (χ3n) is 4.02. The zero-order valence-electron chi connectivity index (χ0n) is 10.9. The second-order valence-electron chi connectivity index (χ2n) is 5.19. The molecule has 1 saturated carbocycles. The molecule has 0 aliphatic heterocycles. The number of hydrogen-bond donors (Lipinski definition) is 1. The molecule has 3 atom stereocenters. The van der Waals surface area contributed by atoms with Gasteiger partial charge in [-0.15, -0.1) is 0 Å². The first-order valence-electron chi connectivity index (χ1n) is 6.85. The Balaban J connectivity index is 2.02. The minimum atomic E-state index is 0.287. The molecule has 0 amide bonds. The molecule has 2 N–H and O–H groups in total. The van der Waals surface area contributed by atoms with Gasteiger partial charge < -0.3 is 10.5 Å². The van der Waals surface area contributed by atoms with Gasteiger partial charge in [0.1, 0.15) is 11.9 Å². The van der Waals surface area contributed by atoms with Crippen LogP contribution >= 0.6 is 15.9 Å². The Morgan fingerprint density at radius 1 is 1.28 bits per heavy atom. The molecule has 1 aliphatic carbocycles. The molecule has 3 unspecified atom stereocenters. The van der Waals surface area contributed by atoms with Gasteiger partial charge >= 0.3 is 0 Å². The highest BCUT2D eigenvalue weighted by Gasteiger charge is 2.30. The fourth-order valence-electron chi connectivity index (χ4n) is 2.75. The van der Waals surface area contributed by atoms with Crippen molar-refractivity contribution in [2.75, 3.05) is 6.54 Å². The van der Waals surface area contributed by atoms with Crippen molar-refractivity contribution in [3.63, 3.8) is 0 Å². The largest absolute Gasteiger partial charge is 0.490 e. The Bertz CT molecular complexity index is 365. The molecule has 0 radical (unpaired) electrons. The number of nitrogens with two attached hydrogens (primary N) is 1. The summed E-state index contributed by atoms with van der Waals surface area (Å²) in [5, 5.41) is 0. The first-order chi connectivity index (χ1) is 8.72. The van der Waals surface area contributed by atoms with E-state index in [1.807, 2.05) is 24.3 Å². The third-order valence-corrected chi connectivity index (χ3v) is 4.55. The van der Waals surface area contributed by atoms with Gasteiger partial charge in [0, 0.05) is 10.4 Å². The predicted octanol–water partition coefficient (Wildman–Crippen LogP) is 3.98. The van der Waals surface area contributed by atoms with Gasteiger partial charge in [-0.05, 0) is 56.0 Å². The van der Waals surface area contributed by atoms with Crippen LogP contribution < -0.4 is 10.5 Å². The summed E-state index contributed by atoms with van der Waals surface area (Å²) in [6, 6.07) is 8.08. The van der Waals surface area contributed by atoms with E-state index in [9.17, 15) is 0 Å². The average molecular weight is 312 g/mol. The molecule has 1 aliphatic rings. The molecule has 100 valence electrons. The fraction of sp³-hybridized carbons (Fsp3) is 0.600. The number of ether oxygens (including phenoxy) is 1. The van der Waals surface area contributed by atoms with E-state index in [0.717, 1.165) is 29.1 Å². The summed E-state index contributed by atoms with van der Waals surface area (Å²) in [5.74, 6) is 2.27. The van der Waals surface area contributed by atoms with Crippen LogP contribution in [0.2, 0.25) is 0 Å². The Kier molecular flexibility index (Phi) is 5.07. The van der Waals surface area contributed by atoms with Crippen LogP contribution in [0, 0.1) is 11.8 Å². The zero-order valence-corrected chi connectivity index (χ0v) is 12.5. The number of benzene rings is 1. The van der Waals surface area contributed by atoms with Gasteiger partial charge in [0.15, 0.2) is 0 Å². The third kappa shape index (κ3) is 3.48. The van der Waals surface area contributed by atoms with Gasteiger partial charge in [-0.2, -0.15) is 0 Å². The van der Waals surface area contributed by atoms with Crippen LogP contribution in [0.4, 0.5) is 0 Å². The molecule has 0 bridgehead atoms. The molecule has 2 nitrogen and oxygen atoms in total. The predicted molar refractivity (Wildman–Crippen MR) is 78.7 cm³/mol. The highest BCUT2D eigenvalue weighted by atomic mass is 79.9. The van der Waals surface area contributed by atoms with Crippen LogP contribution in [0.5, 0.6) is 5.75 Å². The van der Waals surface area contributed by atoms with Crippen molar-refractivity contribution in [2.24, 2.45) is 17.6 Å². The molecule has 1 aromatic rings. The molecule has 18 heavy (non-hydrogen) atoms. The molecule has 0 aromatic heterocycles. The maximum Gasteiger partial charge on any atom is 0.119 e. The van der Waals surface area contributed by atoms with Gasteiger partial charge in [0.25, 0.3) is 0 Å². The standard InChI is InChI=1S/C15H22BrNO/c1-2-11-3-4-12(10-17)15(9-11)18-14-7-5-13(16)6-8-14/h5-8,11-12,15H,2-4,9-10,17H2,1H3. The highest BCUT2D eigenvalue weighted by molar-refractivity contribution is 9.10. The van der Waals surface area contributed by atoms with Crippen LogP contribution in [0.3, 0.4) is 0 Å². The van der Waals surface area contributed by atoms with Gasteiger partial charge in [0.2, 0.25) is 0 Å². The Morgan fingerprint density at radius 2 is 2.00 bits per heavy atom. The van der Waals surface area contributed by atoms with Crippen molar-refractivity contribution in [2.45, 2.75) is 38.7 Å². The van der Waals surface area contributed by atoms with Crippen molar-refractivity contribution in [1.29, 1.82) is 0 Å². The van der Waals surface area contributed by atoms with E-state index in [-0.39, 0.29) is 6.10 Å². The van der Waals surface area contributed by atoms with E-state index < -0.39 is 0 Å². The van der Waals surface area contributed by atoms with Gasteiger partial charge in [-0.1, -0.05) is 29.3 Å². The number of halogens is 1. The second kappa shape index (κ2) is 6.58. The molecule has 1 fully saturated rings. The Labute approximate surface area is 118 Å². The Hall–Kier alpha value is -0.540. The maximum absolute atomic E-state index is 6.15. The molecule has 2 rings (SSSR count). The normalized spacial score (nSPS) is 28.1. The Morgan fingerprint density at radius 3 is 2.61 bits per heavy atom. The summed E-state index contributed by atoms with van der Waals surface area (Å²) >= 11 is 3.44. The van der Waals surface area contributed by atoms with E-state index in [0.29, 0.717) is 5.92 Å². The summed E-state index contributed by atoms with van der Waals surface area (Å²) in [4.78, 5) is 0. The lowest BCUT2D eigenvalue weighted by Gasteiger charge is -2.35. The molecule has 0 saturated heterocycles. The first kappa shape index (κ1) is 13.9. The first-order valence-corrected chi connectivity index (χ1v) is 7.64. The molecule has 3 heteroatoms. The van der Waals surface area contributed by atoms with Gasteiger partial charge in [0.05, 0.1) is 0 Å². The molecular formula is C15H22BrNO. The molecule has 0 heterocycles. The minimum absolute atomic E-state index is 0.287. The zero-order chi connectivity index (χ0) is 13.0. The highest BCUT2D eigenvalue weighted by Crippen LogP contribution is 2.33. The smallest absolute Gasteiger partial charge is 0.119 e. The van der Waals surface area contributed by atoms with Crippen LogP contribution in [0.1, 0.15) is 32.6 Å². The van der Waals surface area contributed by atoms with E-state index in [1.54, 1.807) is 0 Å². The number of rotatable bonds is 4. The van der Waals surface area contributed by atoms with Crippen LogP contribution in [0.25, 0.3) is 0 Å². The molecule has 0 spiro atoms. The van der Waals surface area contributed by atoms with Crippen molar-refractivity contribution in [3.05, 3.63) is 28.7 Å². The van der Waals surface area contributed by atoms with Crippen LogP contribution in [0.15, 0.2) is 28.7 Å². The lowest BCUT2D eigenvalue weighted by atomic mass is 9.78. The van der Waals surface area contributed by atoms with E-state index in [1.165, 1.54) is 19.3 Å². The monoisotopic (exact) mass is 311 g/mol. The minimum Gasteiger partial charge on any atom is -0.490 e. The lowest BCUT2D eigenvalue weighted by molar-refractivity contribution is 0.0684. The average Bonchev–Trinajstić information content (AvgIpc) is 2.41.